The maximum Gasteiger partial charge on any atom is 0.175 e. The quantitative estimate of drug-likeness (QED) is 0.581. The van der Waals surface area contributed by atoms with Crippen LogP contribution in [0.5, 0.6) is 0 Å². The monoisotopic (exact) mass is 244 g/mol. The van der Waals surface area contributed by atoms with Crippen molar-refractivity contribution in [2.24, 2.45) is 0 Å². The molecule has 0 aliphatic carbocycles. The summed E-state index contributed by atoms with van der Waals surface area (Å²) in [7, 11) is 0. The van der Waals surface area contributed by atoms with Gasteiger partial charge in [-0.1, -0.05) is 13.0 Å². The van der Waals surface area contributed by atoms with Gasteiger partial charge in [0.25, 0.3) is 0 Å². The first-order valence-corrected chi connectivity index (χ1v) is 6.29. The Kier molecular flexibility index (Phi) is 4.93. The third kappa shape index (κ3) is 3.04. The van der Waals surface area contributed by atoms with E-state index >= 15 is 0 Å². The summed E-state index contributed by atoms with van der Waals surface area (Å²) in [5.74, 6) is -1.25. The van der Waals surface area contributed by atoms with Gasteiger partial charge >= 0.3 is 0 Å². The van der Waals surface area contributed by atoms with Crippen molar-refractivity contribution in [2.45, 2.75) is 20.3 Å². The molecule has 0 aromatic heterocycles. The number of carbonyl (C=O) groups excluding carboxylic acids is 1. The molecule has 0 heterocycles. The lowest BCUT2D eigenvalue weighted by molar-refractivity contribution is 0.101. The second-order valence-electron chi connectivity index (χ2n) is 3.53. The number of hydrogen-bond donors (Lipinski definition) is 0. The molecule has 1 nitrogen and oxygen atoms in total. The molecule has 88 valence electrons. The molecule has 0 unspecified atom stereocenters. The molecule has 4 heteroatoms. The molecule has 0 N–H and O–H groups in total. The molecule has 0 radical (unpaired) electrons. The predicted octanol–water partition coefficient (Wildman–Crippen LogP) is 3.60. The summed E-state index contributed by atoms with van der Waals surface area (Å²) < 4.78 is 26.6. The first kappa shape index (κ1) is 13.2. The molecule has 1 rings (SSSR count). The molecule has 1 aromatic rings. The Morgan fingerprint density at radius 2 is 2.00 bits per heavy atom. The van der Waals surface area contributed by atoms with Gasteiger partial charge in [-0.15, -0.1) is 0 Å². The third-order valence-corrected chi connectivity index (χ3v) is 3.32. The van der Waals surface area contributed by atoms with E-state index in [1.807, 2.05) is 6.92 Å². The number of ketones is 1. The molecule has 0 amide bonds. The minimum atomic E-state index is -1.03. The number of benzene rings is 1. The van der Waals surface area contributed by atoms with Gasteiger partial charge in [0, 0.05) is 0 Å². The van der Waals surface area contributed by atoms with Gasteiger partial charge in [0.1, 0.15) is 0 Å². The van der Waals surface area contributed by atoms with E-state index in [4.69, 9.17) is 0 Å². The summed E-state index contributed by atoms with van der Waals surface area (Å²) in [6.45, 7) is 3.47. The Morgan fingerprint density at radius 1 is 1.31 bits per heavy atom. The van der Waals surface area contributed by atoms with Crippen molar-refractivity contribution in [3.05, 3.63) is 34.9 Å². The van der Waals surface area contributed by atoms with Gasteiger partial charge in [-0.3, -0.25) is 4.79 Å². The topological polar surface area (TPSA) is 17.1 Å². The van der Waals surface area contributed by atoms with Gasteiger partial charge < -0.3 is 0 Å². The van der Waals surface area contributed by atoms with E-state index in [9.17, 15) is 13.6 Å². The highest BCUT2D eigenvalue weighted by Crippen LogP contribution is 2.17. The fourth-order valence-corrected chi connectivity index (χ4v) is 2.02. The molecule has 0 aliphatic rings. The van der Waals surface area contributed by atoms with Crippen molar-refractivity contribution in [1.82, 2.24) is 0 Å². The van der Waals surface area contributed by atoms with Crippen LogP contribution >= 0.6 is 11.8 Å². The van der Waals surface area contributed by atoms with Crippen molar-refractivity contribution in [3.63, 3.8) is 0 Å². The largest absolute Gasteiger partial charge is 0.293 e. The normalized spacial score (nSPS) is 10.5. The lowest BCUT2D eigenvalue weighted by Gasteiger charge is -2.04. The number of thioether (sulfide) groups is 1. The fourth-order valence-electron chi connectivity index (χ4n) is 1.25. The smallest absolute Gasteiger partial charge is 0.175 e. The first-order chi connectivity index (χ1) is 7.57. The zero-order valence-corrected chi connectivity index (χ0v) is 10.2. The van der Waals surface area contributed by atoms with Crippen LogP contribution in [0.2, 0.25) is 0 Å². The molecule has 16 heavy (non-hydrogen) atoms. The number of aryl methyl sites for hydroxylation is 1. The van der Waals surface area contributed by atoms with Crippen molar-refractivity contribution in [3.8, 4) is 0 Å². The minimum absolute atomic E-state index is 0.147. The van der Waals surface area contributed by atoms with Crippen LogP contribution in [0.3, 0.4) is 0 Å². The fraction of sp³-hybridized carbons (Fsp3) is 0.417. The van der Waals surface area contributed by atoms with Crippen LogP contribution < -0.4 is 0 Å². The van der Waals surface area contributed by atoms with Crippen LogP contribution in [0.15, 0.2) is 12.1 Å². The van der Waals surface area contributed by atoms with Crippen LogP contribution in [0.1, 0.15) is 29.3 Å². The maximum absolute atomic E-state index is 13.4. The highest BCUT2D eigenvalue weighted by molar-refractivity contribution is 7.99. The van der Waals surface area contributed by atoms with E-state index in [1.54, 1.807) is 0 Å². The number of halogens is 2. The molecule has 0 aliphatic heterocycles. The number of hydrogen-bond acceptors (Lipinski definition) is 2. The van der Waals surface area contributed by atoms with Gasteiger partial charge in [-0.25, -0.2) is 8.78 Å². The lowest BCUT2D eigenvalue weighted by Crippen LogP contribution is -2.08. The zero-order valence-electron chi connectivity index (χ0n) is 9.35. The van der Waals surface area contributed by atoms with Gasteiger partial charge in [0.2, 0.25) is 0 Å². The van der Waals surface area contributed by atoms with Gasteiger partial charge in [0.05, 0.1) is 11.3 Å². The third-order valence-electron chi connectivity index (χ3n) is 2.16. The average Bonchev–Trinajstić information content (AvgIpc) is 2.26. The molecule has 0 fully saturated rings. The van der Waals surface area contributed by atoms with Gasteiger partial charge in [0.15, 0.2) is 17.4 Å². The number of carbonyl (C=O) groups is 1. The molecule has 0 bridgehead atoms. The van der Waals surface area contributed by atoms with E-state index < -0.39 is 11.6 Å². The maximum atomic E-state index is 13.4. The Morgan fingerprint density at radius 3 is 2.62 bits per heavy atom. The molecule has 0 atom stereocenters. The van der Waals surface area contributed by atoms with Crippen molar-refractivity contribution < 1.29 is 13.6 Å². The van der Waals surface area contributed by atoms with Crippen molar-refractivity contribution >= 4 is 17.5 Å². The van der Waals surface area contributed by atoms with E-state index in [1.165, 1.54) is 30.8 Å². The number of Topliss-reactive ketones (excluding diaryl/α,β-unsaturated/α-hetero) is 1. The van der Waals surface area contributed by atoms with E-state index in [0.717, 1.165) is 12.2 Å². The number of rotatable bonds is 5. The minimum Gasteiger partial charge on any atom is -0.293 e. The highest BCUT2D eigenvalue weighted by atomic mass is 32.2. The van der Waals surface area contributed by atoms with E-state index in [-0.39, 0.29) is 22.7 Å². The van der Waals surface area contributed by atoms with Crippen LogP contribution in [-0.4, -0.2) is 17.3 Å². The van der Waals surface area contributed by atoms with E-state index in [2.05, 4.69) is 0 Å². The second kappa shape index (κ2) is 5.99. The van der Waals surface area contributed by atoms with Gasteiger partial charge in [-0.05, 0) is 30.7 Å². The van der Waals surface area contributed by atoms with Crippen molar-refractivity contribution in [1.29, 1.82) is 0 Å². The first-order valence-electron chi connectivity index (χ1n) is 5.13. The summed E-state index contributed by atoms with van der Waals surface area (Å²) in [6.07, 6.45) is 0.961. The summed E-state index contributed by atoms with van der Waals surface area (Å²) in [6, 6.07) is 2.78. The molecule has 0 spiro atoms. The van der Waals surface area contributed by atoms with Crippen LogP contribution in [0.25, 0.3) is 0 Å². The molecule has 1 aromatic carbocycles. The van der Waals surface area contributed by atoms with Crippen molar-refractivity contribution in [2.75, 3.05) is 11.5 Å². The Balaban J connectivity index is 2.80. The molecular formula is C12H14F2OS. The lowest BCUT2D eigenvalue weighted by atomic mass is 10.1. The summed E-state index contributed by atoms with van der Waals surface area (Å²) in [5.41, 5.74) is 0.0713. The molecular weight excluding hydrogens is 230 g/mol. The summed E-state index contributed by atoms with van der Waals surface area (Å²) in [5, 5.41) is 0. The Hall–Kier alpha value is -0.900. The SMILES string of the molecule is CCCSCC(=O)c1ccc(C)c(F)c1F. The van der Waals surface area contributed by atoms with Crippen LogP contribution in [0.4, 0.5) is 8.78 Å². The standard InChI is InChI=1S/C12H14F2OS/c1-3-6-16-7-10(15)9-5-4-8(2)11(13)12(9)14/h4-5H,3,6-7H2,1-2H3. The Labute approximate surface area is 98.2 Å². The van der Waals surface area contributed by atoms with Crippen LogP contribution in [0, 0.1) is 18.6 Å². The average molecular weight is 244 g/mol. The second-order valence-corrected chi connectivity index (χ2v) is 4.64. The Bertz CT molecular complexity index is 391. The van der Waals surface area contributed by atoms with Crippen LogP contribution in [-0.2, 0) is 0 Å². The highest BCUT2D eigenvalue weighted by Gasteiger charge is 2.16. The zero-order chi connectivity index (χ0) is 12.1. The molecule has 0 saturated carbocycles. The summed E-state index contributed by atoms with van der Waals surface area (Å²) >= 11 is 1.44. The molecule has 0 saturated heterocycles. The summed E-state index contributed by atoms with van der Waals surface area (Å²) in [4.78, 5) is 11.6. The predicted molar refractivity (Wildman–Crippen MR) is 63.0 cm³/mol. The van der Waals surface area contributed by atoms with E-state index in [0.29, 0.717) is 0 Å². The van der Waals surface area contributed by atoms with Gasteiger partial charge in [-0.2, -0.15) is 11.8 Å².